The van der Waals surface area contributed by atoms with Crippen LogP contribution in [0.5, 0.6) is 0 Å². The van der Waals surface area contributed by atoms with Gasteiger partial charge in [0.1, 0.15) is 13.2 Å². The molecular weight excluding hydrogens is 733 g/mol. The van der Waals surface area contributed by atoms with Crippen molar-refractivity contribution in [3.63, 3.8) is 0 Å². The Kier molecular flexibility index (Phi) is 44.1. The molecule has 0 aliphatic carbocycles. The van der Waals surface area contributed by atoms with E-state index in [1.807, 2.05) is 0 Å². The molecule has 1 atom stereocenters. The summed E-state index contributed by atoms with van der Waals surface area (Å²) in [5.74, 6) is -0.975. The van der Waals surface area contributed by atoms with Gasteiger partial charge in [-0.25, -0.2) is 0 Å². The van der Waals surface area contributed by atoms with Crippen LogP contribution >= 0.6 is 0 Å². The van der Waals surface area contributed by atoms with Crippen LogP contribution in [0, 0.1) is 0 Å². The highest BCUT2D eigenvalue weighted by atomic mass is 16.6. The van der Waals surface area contributed by atoms with Crippen LogP contribution in [0.25, 0.3) is 0 Å². The van der Waals surface area contributed by atoms with E-state index in [1.165, 1.54) is 38.5 Å². The lowest BCUT2D eigenvalue weighted by molar-refractivity contribution is -0.167. The Hall–Kier alpha value is -3.67. The van der Waals surface area contributed by atoms with Crippen molar-refractivity contribution in [2.24, 2.45) is 0 Å². The van der Waals surface area contributed by atoms with E-state index in [2.05, 4.69) is 118 Å². The Labute approximate surface area is 362 Å². The lowest BCUT2D eigenvalue weighted by atomic mass is 10.1. The summed E-state index contributed by atoms with van der Waals surface area (Å²) in [6, 6.07) is 0. The van der Waals surface area contributed by atoms with Crippen molar-refractivity contribution in [1.82, 2.24) is 0 Å². The zero-order valence-electron chi connectivity index (χ0n) is 38.0. The zero-order chi connectivity index (χ0) is 43.0. The smallest absolute Gasteiger partial charge is 0.306 e. The lowest BCUT2D eigenvalue weighted by Crippen LogP contribution is -2.30. The monoisotopic (exact) mass is 819 g/mol. The van der Waals surface area contributed by atoms with E-state index in [-0.39, 0.29) is 37.5 Å². The molecule has 0 spiro atoms. The molecule has 0 heterocycles. The lowest BCUT2D eigenvalue weighted by Gasteiger charge is -2.18. The van der Waals surface area contributed by atoms with E-state index in [1.54, 1.807) is 0 Å². The first-order valence-electron chi connectivity index (χ1n) is 23.7. The summed E-state index contributed by atoms with van der Waals surface area (Å²) in [6.45, 7) is 6.31. The van der Waals surface area contributed by atoms with Crippen molar-refractivity contribution < 1.29 is 28.6 Å². The number of carbonyl (C=O) groups is 3. The zero-order valence-corrected chi connectivity index (χ0v) is 38.0. The fourth-order valence-corrected chi connectivity index (χ4v) is 6.07. The van der Waals surface area contributed by atoms with E-state index < -0.39 is 6.10 Å². The van der Waals surface area contributed by atoms with Gasteiger partial charge < -0.3 is 14.2 Å². The predicted molar refractivity (Wildman–Crippen MR) is 251 cm³/mol. The first-order chi connectivity index (χ1) is 29.0. The van der Waals surface area contributed by atoms with E-state index in [9.17, 15) is 14.4 Å². The topological polar surface area (TPSA) is 78.9 Å². The van der Waals surface area contributed by atoms with Crippen LogP contribution in [0.4, 0.5) is 0 Å². The Morgan fingerprint density at radius 2 is 0.661 bits per heavy atom. The highest BCUT2D eigenvalue weighted by Crippen LogP contribution is 2.12. The molecule has 0 fully saturated rings. The molecule has 0 aromatic carbocycles. The van der Waals surface area contributed by atoms with Gasteiger partial charge in [-0.2, -0.15) is 0 Å². The van der Waals surface area contributed by atoms with Crippen molar-refractivity contribution >= 4 is 17.9 Å². The number of ether oxygens (including phenoxy) is 3. The van der Waals surface area contributed by atoms with Crippen molar-refractivity contribution in [3.05, 3.63) is 97.2 Å². The molecule has 6 heteroatoms. The maximum atomic E-state index is 12.7. The van der Waals surface area contributed by atoms with Gasteiger partial charge in [0.05, 0.1) is 0 Å². The van der Waals surface area contributed by atoms with E-state index in [4.69, 9.17) is 14.2 Å². The fourth-order valence-electron chi connectivity index (χ4n) is 6.07. The number of hydrogen-bond acceptors (Lipinski definition) is 6. The van der Waals surface area contributed by atoms with Gasteiger partial charge in [0.15, 0.2) is 6.10 Å². The van der Waals surface area contributed by atoms with Gasteiger partial charge in [-0.15, -0.1) is 0 Å². The number of hydrogen-bond donors (Lipinski definition) is 0. The fraction of sp³-hybridized carbons (Fsp3) is 0.642. The van der Waals surface area contributed by atoms with E-state index >= 15 is 0 Å². The minimum Gasteiger partial charge on any atom is -0.462 e. The molecule has 0 aliphatic heterocycles. The number of allylic oxidation sites excluding steroid dienone is 16. The summed E-state index contributed by atoms with van der Waals surface area (Å²) in [4.78, 5) is 37.8. The van der Waals surface area contributed by atoms with Gasteiger partial charge in [0, 0.05) is 19.3 Å². The van der Waals surface area contributed by atoms with Gasteiger partial charge >= 0.3 is 17.9 Å². The molecule has 0 amide bonds. The summed E-state index contributed by atoms with van der Waals surface area (Å²) >= 11 is 0. The molecule has 6 nitrogen and oxygen atoms in total. The van der Waals surface area contributed by atoms with Crippen molar-refractivity contribution in [2.45, 2.75) is 207 Å². The van der Waals surface area contributed by atoms with Crippen molar-refractivity contribution in [1.29, 1.82) is 0 Å². The Morgan fingerprint density at radius 3 is 1.03 bits per heavy atom. The molecule has 0 rings (SSSR count). The predicted octanol–water partition coefficient (Wildman–Crippen LogP) is 15.4. The highest BCUT2D eigenvalue weighted by Gasteiger charge is 2.19. The number of carbonyl (C=O) groups excluding carboxylic acids is 3. The molecule has 0 radical (unpaired) electrons. The number of esters is 3. The molecule has 0 aliphatic rings. The average Bonchev–Trinajstić information content (AvgIpc) is 3.23. The molecule has 1 unspecified atom stereocenters. The SMILES string of the molecule is CC/C=C\C/C=C\C/C=C\C/C=C\C/C=C\CCCCCC(=O)OCC(COC(=O)CCCCCCCCCCC)OC(=O)CCCCC/C=C\C/C=C\C/C=C\CC. The molecule has 0 saturated heterocycles. The molecule has 0 aromatic rings. The minimum absolute atomic E-state index is 0.101. The number of unbranched alkanes of at least 4 members (excludes halogenated alkanes) is 14. The van der Waals surface area contributed by atoms with E-state index in [0.29, 0.717) is 12.8 Å². The molecular formula is C53H86O6. The molecule has 59 heavy (non-hydrogen) atoms. The second kappa shape index (κ2) is 47.0. The average molecular weight is 819 g/mol. The molecule has 0 saturated carbocycles. The summed E-state index contributed by atoms with van der Waals surface area (Å²) in [5.41, 5.74) is 0. The first kappa shape index (κ1) is 55.3. The first-order valence-corrected chi connectivity index (χ1v) is 23.7. The summed E-state index contributed by atoms with van der Waals surface area (Å²) in [6.07, 6.45) is 61.1. The summed E-state index contributed by atoms with van der Waals surface area (Å²) in [7, 11) is 0. The Bertz CT molecular complexity index is 1220. The van der Waals surface area contributed by atoms with Crippen LogP contribution in [-0.2, 0) is 28.6 Å². The Morgan fingerprint density at radius 1 is 0.356 bits per heavy atom. The van der Waals surface area contributed by atoms with Crippen LogP contribution in [-0.4, -0.2) is 37.2 Å². The second-order valence-electron chi connectivity index (χ2n) is 15.3. The third-order valence-electron chi connectivity index (χ3n) is 9.58. The Balaban J connectivity index is 4.45. The maximum Gasteiger partial charge on any atom is 0.306 e. The van der Waals surface area contributed by atoms with Crippen LogP contribution in [0.1, 0.15) is 201 Å². The van der Waals surface area contributed by atoms with Gasteiger partial charge in [-0.05, 0) is 96.3 Å². The van der Waals surface area contributed by atoms with E-state index in [0.717, 1.165) is 122 Å². The molecule has 334 valence electrons. The third kappa shape index (κ3) is 45.3. The molecule has 0 N–H and O–H groups in total. The van der Waals surface area contributed by atoms with Gasteiger partial charge in [0.2, 0.25) is 0 Å². The summed E-state index contributed by atoms with van der Waals surface area (Å²) in [5, 5.41) is 0. The van der Waals surface area contributed by atoms with Crippen molar-refractivity contribution in [3.8, 4) is 0 Å². The standard InChI is InChI=1S/C53H86O6/c1-4-7-10-13-16-19-21-23-24-25-26-27-28-30-31-34-37-40-43-46-52(55)58-49-50(48-57-51(54)45-42-39-36-33-18-15-12-9-6-3)59-53(56)47-44-41-38-35-32-29-22-20-17-14-11-8-5-2/h7-8,10-11,16-17,19-20,23-24,26-27,29-32,50H,4-6,9,12-15,18,21-22,25,28,33-49H2,1-3H3/b10-7-,11-8-,19-16-,20-17-,24-23-,27-26-,31-30-,32-29-. The minimum atomic E-state index is -0.803. The van der Waals surface area contributed by atoms with Crippen molar-refractivity contribution in [2.75, 3.05) is 13.2 Å². The largest absolute Gasteiger partial charge is 0.462 e. The quantitative estimate of drug-likeness (QED) is 0.0265. The normalized spacial score (nSPS) is 12.9. The molecule has 0 aromatic heterocycles. The second-order valence-corrected chi connectivity index (χ2v) is 15.3. The van der Waals surface area contributed by atoms with Crippen LogP contribution < -0.4 is 0 Å². The van der Waals surface area contributed by atoms with Gasteiger partial charge in [-0.3, -0.25) is 14.4 Å². The highest BCUT2D eigenvalue weighted by molar-refractivity contribution is 5.71. The number of rotatable bonds is 41. The summed E-state index contributed by atoms with van der Waals surface area (Å²) < 4.78 is 16.7. The van der Waals surface area contributed by atoms with Gasteiger partial charge in [-0.1, -0.05) is 182 Å². The van der Waals surface area contributed by atoms with Crippen LogP contribution in [0.2, 0.25) is 0 Å². The van der Waals surface area contributed by atoms with Crippen LogP contribution in [0.3, 0.4) is 0 Å². The maximum absolute atomic E-state index is 12.7. The van der Waals surface area contributed by atoms with Gasteiger partial charge in [0.25, 0.3) is 0 Å². The van der Waals surface area contributed by atoms with Crippen LogP contribution in [0.15, 0.2) is 97.2 Å². The molecule has 0 bridgehead atoms. The third-order valence-corrected chi connectivity index (χ3v) is 9.58.